The summed E-state index contributed by atoms with van der Waals surface area (Å²) < 4.78 is 41.0. The highest BCUT2D eigenvalue weighted by Gasteiger charge is 2.33. The van der Waals surface area contributed by atoms with Crippen LogP contribution in [0.3, 0.4) is 0 Å². The van der Waals surface area contributed by atoms with E-state index in [0.717, 1.165) is 30.2 Å². The second kappa shape index (κ2) is 11.2. The van der Waals surface area contributed by atoms with Gasteiger partial charge < -0.3 is 15.4 Å². The largest absolute Gasteiger partial charge is 0.573 e. The standard InChI is InChI=1S/C27H33F3N2O2/c28-27(29,30)34-24-17-15-23(16-18-24)31-26(33)32-25(21-9-5-2-6-10-21)22-13-11-20(12-14-22)19-7-3-1-4-8-19/h2,5-6,9-10,15-20,22,25H,1,3-4,7-8,11-14H2,(H2,31,32,33). The van der Waals surface area contributed by atoms with Crippen LogP contribution in [0.25, 0.3) is 0 Å². The summed E-state index contributed by atoms with van der Waals surface area (Å²) in [5, 5.41) is 5.88. The van der Waals surface area contributed by atoms with E-state index in [-0.39, 0.29) is 17.8 Å². The molecule has 0 saturated heterocycles. The molecule has 1 unspecified atom stereocenters. The van der Waals surface area contributed by atoms with Crippen LogP contribution < -0.4 is 15.4 Å². The minimum Gasteiger partial charge on any atom is -0.406 e. The van der Waals surface area contributed by atoms with Gasteiger partial charge in [0.25, 0.3) is 0 Å². The van der Waals surface area contributed by atoms with Crippen LogP contribution >= 0.6 is 0 Å². The zero-order valence-electron chi connectivity index (χ0n) is 19.3. The lowest BCUT2D eigenvalue weighted by Crippen LogP contribution is -2.38. The molecule has 0 heterocycles. The van der Waals surface area contributed by atoms with Crippen molar-refractivity contribution < 1.29 is 22.7 Å². The van der Waals surface area contributed by atoms with Gasteiger partial charge in [0, 0.05) is 5.69 Å². The first kappa shape index (κ1) is 24.4. The fourth-order valence-corrected chi connectivity index (χ4v) is 5.74. The lowest BCUT2D eigenvalue weighted by Gasteiger charge is -2.38. The van der Waals surface area contributed by atoms with Crippen LogP contribution in [-0.2, 0) is 0 Å². The molecule has 2 aliphatic carbocycles. The Morgan fingerprint density at radius 2 is 1.44 bits per heavy atom. The molecular formula is C27H33F3N2O2. The van der Waals surface area contributed by atoms with E-state index in [0.29, 0.717) is 11.6 Å². The minimum absolute atomic E-state index is 0.110. The van der Waals surface area contributed by atoms with E-state index in [1.807, 2.05) is 30.3 Å². The molecule has 34 heavy (non-hydrogen) atoms. The van der Waals surface area contributed by atoms with Crippen LogP contribution in [0.15, 0.2) is 54.6 Å². The van der Waals surface area contributed by atoms with Gasteiger partial charge in [0.2, 0.25) is 0 Å². The molecule has 2 aromatic carbocycles. The summed E-state index contributed by atoms with van der Waals surface area (Å²) in [6.45, 7) is 0. The Morgan fingerprint density at radius 1 is 0.824 bits per heavy atom. The van der Waals surface area contributed by atoms with E-state index < -0.39 is 6.36 Å². The van der Waals surface area contributed by atoms with Crippen LogP contribution in [-0.4, -0.2) is 12.4 Å². The molecule has 7 heteroatoms. The third-order valence-corrected chi connectivity index (χ3v) is 7.40. The van der Waals surface area contributed by atoms with Gasteiger partial charge in [-0.2, -0.15) is 0 Å². The highest BCUT2D eigenvalue weighted by Crippen LogP contribution is 2.43. The highest BCUT2D eigenvalue weighted by molar-refractivity contribution is 5.89. The van der Waals surface area contributed by atoms with Crippen LogP contribution in [0.2, 0.25) is 0 Å². The van der Waals surface area contributed by atoms with Gasteiger partial charge in [-0.3, -0.25) is 0 Å². The molecule has 4 nitrogen and oxygen atoms in total. The molecule has 2 aromatic rings. The van der Waals surface area contributed by atoms with Gasteiger partial charge in [-0.1, -0.05) is 62.4 Å². The number of hydrogen-bond donors (Lipinski definition) is 2. The van der Waals surface area contributed by atoms with Crippen molar-refractivity contribution in [2.75, 3.05) is 5.32 Å². The number of nitrogens with one attached hydrogen (secondary N) is 2. The van der Waals surface area contributed by atoms with Crippen LogP contribution in [0, 0.1) is 17.8 Å². The van der Waals surface area contributed by atoms with Gasteiger partial charge in [-0.15, -0.1) is 13.2 Å². The number of urea groups is 1. The molecule has 0 bridgehead atoms. The molecule has 184 valence electrons. The number of anilines is 1. The van der Waals surface area contributed by atoms with Crippen LogP contribution in [0.5, 0.6) is 5.75 Å². The van der Waals surface area contributed by atoms with E-state index in [2.05, 4.69) is 15.4 Å². The SMILES string of the molecule is O=C(Nc1ccc(OC(F)(F)F)cc1)NC(c1ccccc1)C1CCC(C2CCCCC2)CC1. The molecule has 2 fully saturated rings. The number of benzene rings is 2. The average molecular weight is 475 g/mol. The normalized spacial score (nSPS) is 22.6. The number of carbonyl (C=O) groups is 1. The van der Waals surface area contributed by atoms with Crippen LogP contribution in [0.1, 0.15) is 69.4 Å². The monoisotopic (exact) mass is 474 g/mol. The molecule has 0 spiro atoms. The van der Waals surface area contributed by atoms with Gasteiger partial charge in [0.1, 0.15) is 5.75 Å². The zero-order chi connectivity index (χ0) is 24.0. The Bertz CT molecular complexity index is 904. The van der Waals surface area contributed by atoms with Gasteiger partial charge in [-0.25, -0.2) is 4.79 Å². The third-order valence-electron chi connectivity index (χ3n) is 7.40. The predicted molar refractivity (Wildman–Crippen MR) is 126 cm³/mol. The average Bonchev–Trinajstić information content (AvgIpc) is 2.84. The van der Waals surface area contributed by atoms with Gasteiger partial charge >= 0.3 is 12.4 Å². The van der Waals surface area contributed by atoms with Crippen LogP contribution in [0.4, 0.5) is 23.7 Å². The van der Waals surface area contributed by atoms with Crippen molar-refractivity contribution in [3.05, 3.63) is 60.2 Å². The Morgan fingerprint density at radius 3 is 2.06 bits per heavy atom. The van der Waals surface area contributed by atoms with E-state index in [9.17, 15) is 18.0 Å². The molecule has 0 aliphatic heterocycles. The number of amides is 2. The van der Waals surface area contributed by atoms with E-state index in [1.165, 1.54) is 69.2 Å². The molecule has 0 aromatic heterocycles. The molecule has 2 aliphatic rings. The maximum atomic E-state index is 12.8. The highest BCUT2D eigenvalue weighted by atomic mass is 19.4. The quantitative estimate of drug-likeness (QED) is 0.448. The second-order valence-electron chi connectivity index (χ2n) is 9.63. The van der Waals surface area contributed by atoms with Crippen molar-refractivity contribution >= 4 is 11.7 Å². The van der Waals surface area contributed by atoms with E-state index in [4.69, 9.17) is 0 Å². The number of ether oxygens (including phenoxy) is 1. The molecule has 4 rings (SSSR count). The summed E-state index contributed by atoms with van der Waals surface area (Å²) in [4.78, 5) is 12.8. The van der Waals surface area contributed by atoms with Crippen molar-refractivity contribution in [1.29, 1.82) is 0 Å². The predicted octanol–water partition coefficient (Wildman–Crippen LogP) is 7.83. The summed E-state index contributed by atoms with van der Waals surface area (Å²) in [5.74, 6) is 1.70. The topological polar surface area (TPSA) is 50.4 Å². The minimum atomic E-state index is -4.74. The first-order chi connectivity index (χ1) is 16.4. The second-order valence-corrected chi connectivity index (χ2v) is 9.63. The Balaban J connectivity index is 1.37. The fraction of sp³-hybridized carbons (Fsp3) is 0.519. The number of hydrogen-bond acceptors (Lipinski definition) is 2. The number of halogens is 3. The lowest BCUT2D eigenvalue weighted by molar-refractivity contribution is -0.274. The number of alkyl halides is 3. The number of rotatable bonds is 6. The van der Waals surface area contributed by atoms with Gasteiger partial charge in [0.15, 0.2) is 0 Å². The van der Waals surface area contributed by atoms with E-state index >= 15 is 0 Å². The molecular weight excluding hydrogens is 441 g/mol. The van der Waals surface area contributed by atoms with Crippen molar-refractivity contribution in [3.63, 3.8) is 0 Å². The maximum absolute atomic E-state index is 12.8. The molecule has 1 atom stereocenters. The molecule has 2 amide bonds. The molecule has 0 radical (unpaired) electrons. The van der Waals surface area contributed by atoms with Crippen molar-refractivity contribution in [2.24, 2.45) is 17.8 Å². The summed E-state index contributed by atoms with van der Waals surface area (Å²) >= 11 is 0. The third kappa shape index (κ3) is 6.90. The van der Waals surface area contributed by atoms with E-state index in [1.54, 1.807) is 0 Å². The lowest BCUT2D eigenvalue weighted by atomic mass is 9.69. The van der Waals surface area contributed by atoms with Crippen molar-refractivity contribution in [2.45, 2.75) is 70.2 Å². The summed E-state index contributed by atoms with van der Waals surface area (Å²) in [6.07, 6.45) is 6.69. The smallest absolute Gasteiger partial charge is 0.406 e. The summed E-state index contributed by atoms with van der Waals surface area (Å²) in [5.41, 5.74) is 1.48. The Kier molecular flexibility index (Phi) is 8.01. The summed E-state index contributed by atoms with van der Waals surface area (Å²) in [7, 11) is 0. The maximum Gasteiger partial charge on any atom is 0.573 e. The number of carbonyl (C=O) groups excluding carboxylic acids is 1. The zero-order valence-corrected chi connectivity index (χ0v) is 19.3. The first-order valence-corrected chi connectivity index (χ1v) is 12.4. The first-order valence-electron chi connectivity index (χ1n) is 12.4. The van der Waals surface area contributed by atoms with Gasteiger partial charge in [-0.05, 0) is 73.3 Å². The Labute approximate surface area is 199 Å². The van der Waals surface area contributed by atoms with Crippen molar-refractivity contribution in [3.8, 4) is 5.75 Å². The van der Waals surface area contributed by atoms with Crippen molar-refractivity contribution in [1.82, 2.24) is 5.32 Å². The fourth-order valence-electron chi connectivity index (χ4n) is 5.74. The molecule has 2 saturated carbocycles. The Hall–Kier alpha value is -2.70. The summed E-state index contributed by atoms with van der Waals surface area (Å²) in [6, 6.07) is 14.7. The van der Waals surface area contributed by atoms with Gasteiger partial charge in [0.05, 0.1) is 6.04 Å². The molecule has 2 N–H and O–H groups in total.